The number of anilines is 2. The molecule has 0 aliphatic heterocycles. The first-order valence-corrected chi connectivity index (χ1v) is 10.5. The zero-order valence-electron chi connectivity index (χ0n) is 18.1. The highest BCUT2D eigenvalue weighted by atomic mass is 19.1. The van der Waals surface area contributed by atoms with Crippen molar-refractivity contribution in [1.82, 2.24) is 15.0 Å². The molecule has 8 nitrogen and oxygen atoms in total. The van der Waals surface area contributed by atoms with Crippen LogP contribution < -0.4 is 11.1 Å². The maximum atomic E-state index is 13.2. The number of aromatic nitrogens is 3. The van der Waals surface area contributed by atoms with Crippen LogP contribution in [-0.4, -0.2) is 32.0 Å². The van der Waals surface area contributed by atoms with Crippen molar-refractivity contribution in [2.75, 3.05) is 11.1 Å². The number of aromatic carboxylic acids is 1. The van der Waals surface area contributed by atoms with E-state index in [1.165, 1.54) is 18.2 Å². The van der Waals surface area contributed by atoms with Crippen molar-refractivity contribution in [1.29, 1.82) is 0 Å². The molecule has 1 heterocycles. The Morgan fingerprint density at radius 1 is 1.03 bits per heavy atom. The molecule has 172 valence electrons. The number of nitrogens with one attached hydrogen (secondary N) is 1. The number of rotatable bonds is 8. The summed E-state index contributed by atoms with van der Waals surface area (Å²) in [5.41, 5.74) is 10.2. The smallest absolute Gasteiger partial charge is 0.335 e. The molecule has 34 heavy (non-hydrogen) atoms. The Morgan fingerprint density at radius 2 is 1.79 bits per heavy atom. The minimum absolute atomic E-state index is 0.174. The van der Waals surface area contributed by atoms with Gasteiger partial charge in [-0.05, 0) is 53.1 Å². The van der Waals surface area contributed by atoms with Crippen molar-refractivity contribution in [2.24, 2.45) is 0 Å². The molecule has 0 atom stereocenters. The van der Waals surface area contributed by atoms with E-state index in [-0.39, 0.29) is 23.7 Å². The van der Waals surface area contributed by atoms with Crippen molar-refractivity contribution >= 4 is 23.3 Å². The van der Waals surface area contributed by atoms with Gasteiger partial charge in [0.25, 0.3) is 0 Å². The van der Waals surface area contributed by atoms with Gasteiger partial charge < -0.3 is 16.2 Å². The van der Waals surface area contributed by atoms with Gasteiger partial charge in [0.2, 0.25) is 5.91 Å². The van der Waals surface area contributed by atoms with Crippen molar-refractivity contribution in [3.8, 4) is 11.1 Å². The van der Waals surface area contributed by atoms with Gasteiger partial charge in [-0.2, -0.15) is 0 Å². The van der Waals surface area contributed by atoms with Gasteiger partial charge in [0, 0.05) is 19.0 Å². The van der Waals surface area contributed by atoms with E-state index in [0.717, 1.165) is 16.7 Å². The van der Waals surface area contributed by atoms with Gasteiger partial charge in [0.05, 0.1) is 29.2 Å². The van der Waals surface area contributed by atoms with Crippen LogP contribution in [0, 0.1) is 5.82 Å². The molecule has 4 N–H and O–H groups in total. The molecule has 0 spiro atoms. The SMILES string of the molecule is Nc1ccc(-c2ccc(F)cc2)cc1NC(=O)CCc1cn(Cc2cccc(C(=O)O)c2)nn1. The minimum atomic E-state index is -0.990. The first-order valence-electron chi connectivity index (χ1n) is 10.5. The molecule has 0 unspecified atom stereocenters. The Labute approximate surface area is 194 Å². The van der Waals surface area contributed by atoms with Crippen molar-refractivity contribution in [3.63, 3.8) is 0 Å². The first-order chi connectivity index (χ1) is 16.4. The zero-order valence-corrected chi connectivity index (χ0v) is 18.1. The van der Waals surface area contributed by atoms with Gasteiger partial charge in [-0.25, -0.2) is 13.9 Å². The van der Waals surface area contributed by atoms with Crippen LogP contribution in [0.1, 0.15) is 28.0 Å². The Morgan fingerprint density at radius 3 is 2.56 bits per heavy atom. The fourth-order valence-electron chi connectivity index (χ4n) is 3.46. The van der Waals surface area contributed by atoms with Crippen molar-refractivity contribution < 1.29 is 19.1 Å². The summed E-state index contributed by atoms with van der Waals surface area (Å²) < 4.78 is 14.8. The van der Waals surface area contributed by atoms with Gasteiger partial charge in [-0.15, -0.1) is 5.10 Å². The lowest BCUT2D eigenvalue weighted by atomic mass is 10.0. The summed E-state index contributed by atoms with van der Waals surface area (Å²) in [7, 11) is 0. The third-order valence-electron chi connectivity index (χ3n) is 5.22. The number of benzene rings is 3. The maximum absolute atomic E-state index is 13.2. The molecule has 3 aromatic carbocycles. The standard InChI is InChI=1S/C25H22FN5O3/c26-20-7-4-17(5-8-20)18-6-10-22(27)23(13-18)28-24(32)11-9-21-15-31(30-29-21)14-16-2-1-3-19(12-16)25(33)34/h1-8,10,12-13,15H,9,11,14,27H2,(H,28,32)(H,33,34). The Hall–Kier alpha value is -4.53. The second kappa shape index (κ2) is 9.95. The second-order valence-electron chi connectivity index (χ2n) is 7.77. The number of halogens is 1. The molecular formula is C25H22FN5O3. The van der Waals surface area contributed by atoms with E-state index < -0.39 is 5.97 Å². The monoisotopic (exact) mass is 459 g/mol. The Kier molecular flexibility index (Phi) is 6.63. The number of amides is 1. The quantitative estimate of drug-likeness (QED) is 0.343. The number of carbonyl (C=O) groups is 2. The largest absolute Gasteiger partial charge is 0.478 e. The van der Waals surface area contributed by atoms with Crippen LogP contribution in [0.25, 0.3) is 11.1 Å². The molecule has 0 radical (unpaired) electrons. The Balaban J connectivity index is 1.35. The third-order valence-corrected chi connectivity index (χ3v) is 5.22. The number of carboxylic acid groups (broad SMARTS) is 1. The molecule has 0 aliphatic rings. The zero-order chi connectivity index (χ0) is 24.1. The van der Waals surface area contributed by atoms with Gasteiger partial charge in [0.1, 0.15) is 5.82 Å². The molecular weight excluding hydrogens is 437 g/mol. The number of hydrogen-bond donors (Lipinski definition) is 3. The molecule has 1 amide bonds. The number of nitrogens with two attached hydrogens (primary N) is 1. The van der Waals surface area contributed by atoms with E-state index in [1.807, 2.05) is 12.1 Å². The van der Waals surface area contributed by atoms with Crippen LogP contribution >= 0.6 is 0 Å². The summed E-state index contributed by atoms with van der Waals surface area (Å²) in [5.74, 6) is -1.54. The van der Waals surface area contributed by atoms with Gasteiger partial charge in [-0.3, -0.25) is 4.79 Å². The van der Waals surface area contributed by atoms with Gasteiger partial charge in [0.15, 0.2) is 0 Å². The maximum Gasteiger partial charge on any atom is 0.335 e. The van der Waals surface area contributed by atoms with Crippen LogP contribution in [0.2, 0.25) is 0 Å². The molecule has 0 saturated carbocycles. The lowest BCUT2D eigenvalue weighted by Gasteiger charge is -2.10. The number of hydrogen-bond acceptors (Lipinski definition) is 5. The Bertz CT molecular complexity index is 1330. The topological polar surface area (TPSA) is 123 Å². The molecule has 4 rings (SSSR count). The van der Waals surface area contributed by atoms with Gasteiger partial charge >= 0.3 is 5.97 Å². The van der Waals surface area contributed by atoms with E-state index in [1.54, 1.807) is 47.3 Å². The predicted molar refractivity (Wildman–Crippen MR) is 126 cm³/mol. The number of carbonyl (C=O) groups excluding carboxylic acids is 1. The summed E-state index contributed by atoms with van der Waals surface area (Å²) in [6.45, 7) is 0.368. The van der Waals surface area contributed by atoms with Gasteiger partial charge in [-0.1, -0.05) is 35.5 Å². The van der Waals surface area contributed by atoms with E-state index in [0.29, 0.717) is 30.0 Å². The molecule has 1 aromatic heterocycles. The normalized spacial score (nSPS) is 10.7. The number of aryl methyl sites for hydroxylation is 1. The van der Waals surface area contributed by atoms with Crippen molar-refractivity contribution in [3.05, 3.63) is 95.6 Å². The second-order valence-corrected chi connectivity index (χ2v) is 7.77. The molecule has 0 aliphatic carbocycles. The van der Waals surface area contributed by atoms with Crippen LogP contribution in [0.3, 0.4) is 0 Å². The highest BCUT2D eigenvalue weighted by molar-refractivity contribution is 5.95. The lowest BCUT2D eigenvalue weighted by Crippen LogP contribution is -2.13. The van der Waals surface area contributed by atoms with Crippen LogP contribution in [0.4, 0.5) is 15.8 Å². The third kappa shape index (κ3) is 5.63. The van der Waals surface area contributed by atoms with E-state index in [2.05, 4.69) is 15.6 Å². The van der Waals surface area contributed by atoms with Crippen LogP contribution in [0.15, 0.2) is 72.9 Å². The molecule has 9 heteroatoms. The van der Waals surface area contributed by atoms with Crippen molar-refractivity contribution in [2.45, 2.75) is 19.4 Å². The number of nitrogens with zero attached hydrogens (tertiary/aromatic N) is 3. The van der Waals surface area contributed by atoms with Crippen LogP contribution in [0.5, 0.6) is 0 Å². The molecule has 0 fully saturated rings. The first kappa shape index (κ1) is 22.7. The molecule has 4 aromatic rings. The van der Waals surface area contributed by atoms with Crippen LogP contribution in [-0.2, 0) is 17.8 Å². The minimum Gasteiger partial charge on any atom is -0.478 e. The van der Waals surface area contributed by atoms with E-state index in [9.17, 15) is 14.0 Å². The van der Waals surface area contributed by atoms with E-state index >= 15 is 0 Å². The summed E-state index contributed by atoms with van der Waals surface area (Å²) >= 11 is 0. The highest BCUT2D eigenvalue weighted by Gasteiger charge is 2.10. The average Bonchev–Trinajstić information content (AvgIpc) is 3.27. The fourth-order valence-corrected chi connectivity index (χ4v) is 3.46. The highest BCUT2D eigenvalue weighted by Crippen LogP contribution is 2.27. The number of nitrogen functional groups attached to an aromatic ring is 1. The molecule has 0 bridgehead atoms. The molecule has 0 saturated heterocycles. The van der Waals surface area contributed by atoms with E-state index in [4.69, 9.17) is 10.8 Å². The predicted octanol–water partition coefficient (Wildman–Crippen LogP) is 3.98. The summed E-state index contributed by atoms with van der Waals surface area (Å²) in [5, 5.41) is 20.1. The fraction of sp³-hybridized carbons (Fsp3) is 0.120. The average molecular weight is 459 g/mol. The summed E-state index contributed by atoms with van der Waals surface area (Å²) in [6.07, 6.45) is 2.27. The summed E-state index contributed by atoms with van der Waals surface area (Å²) in [4.78, 5) is 23.6. The number of carboxylic acids is 1. The summed E-state index contributed by atoms with van der Waals surface area (Å²) in [6, 6.07) is 17.9. The lowest BCUT2D eigenvalue weighted by molar-refractivity contribution is -0.116.